The summed E-state index contributed by atoms with van der Waals surface area (Å²) in [5, 5.41) is 11.8. The number of carbonyl (C=O) groups excluding carboxylic acids is 1. The highest BCUT2D eigenvalue weighted by Gasteiger charge is 2.43. The number of nitrogens with one attached hydrogen (secondary N) is 1. The summed E-state index contributed by atoms with van der Waals surface area (Å²) in [6, 6.07) is 0. The van der Waals surface area contributed by atoms with E-state index in [1.165, 1.54) is 6.92 Å². The topological polar surface area (TPSA) is 49.3 Å². The minimum atomic E-state index is -0.300. The summed E-state index contributed by atoms with van der Waals surface area (Å²) in [5.74, 6) is 0.363. The Morgan fingerprint density at radius 2 is 2.45 bits per heavy atom. The molecule has 1 rings (SSSR count). The lowest BCUT2D eigenvalue weighted by Gasteiger charge is -2.47. The van der Waals surface area contributed by atoms with Crippen LogP contribution in [0.5, 0.6) is 0 Å². The molecule has 64 valence electrons. The van der Waals surface area contributed by atoms with Gasteiger partial charge in [-0.2, -0.15) is 0 Å². The first-order valence-corrected chi connectivity index (χ1v) is 4.00. The third kappa shape index (κ3) is 1.38. The smallest absolute Gasteiger partial charge is 0.217 e. The van der Waals surface area contributed by atoms with Gasteiger partial charge in [-0.1, -0.05) is 6.92 Å². The number of rotatable bonds is 2. The molecule has 1 aliphatic rings. The summed E-state index contributed by atoms with van der Waals surface area (Å²) >= 11 is 0. The van der Waals surface area contributed by atoms with E-state index >= 15 is 0 Å². The fourth-order valence-electron chi connectivity index (χ4n) is 1.59. The molecule has 1 fully saturated rings. The summed E-state index contributed by atoms with van der Waals surface area (Å²) in [7, 11) is 0. The van der Waals surface area contributed by atoms with Crippen LogP contribution in [-0.2, 0) is 4.79 Å². The molecule has 0 spiro atoms. The molecular formula is C8H15NO2. The van der Waals surface area contributed by atoms with E-state index in [-0.39, 0.29) is 18.1 Å². The second-order valence-corrected chi connectivity index (χ2v) is 3.44. The fraction of sp³-hybridized carbons (Fsp3) is 0.875. The summed E-state index contributed by atoms with van der Waals surface area (Å²) < 4.78 is 0. The van der Waals surface area contributed by atoms with Crippen LogP contribution in [0.4, 0.5) is 0 Å². The van der Waals surface area contributed by atoms with Crippen molar-refractivity contribution in [3.63, 3.8) is 0 Å². The van der Waals surface area contributed by atoms with Crippen LogP contribution in [0.25, 0.3) is 0 Å². The van der Waals surface area contributed by atoms with E-state index in [0.29, 0.717) is 5.92 Å². The maximum Gasteiger partial charge on any atom is 0.217 e. The van der Waals surface area contributed by atoms with Crippen molar-refractivity contribution in [2.24, 2.45) is 5.92 Å². The lowest BCUT2D eigenvalue weighted by molar-refractivity contribution is -0.124. The van der Waals surface area contributed by atoms with Gasteiger partial charge >= 0.3 is 0 Å². The molecule has 0 saturated heterocycles. The molecule has 1 amide bonds. The highest BCUT2D eigenvalue weighted by Crippen LogP contribution is 2.37. The van der Waals surface area contributed by atoms with Gasteiger partial charge in [0, 0.05) is 6.92 Å². The predicted molar refractivity (Wildman–Crippen MR) is 42.0 cm³/mol. The molecule has 1 saturated carbocycles. The van der Waals surface area contributed by atoms with Gasteiger partial charge in [0.2, 0.25) is 5.91 Å². The van der Waals surface area contributed by atoms with Gasteiger partial charge in [0.25, 0.3) is 0 Å². The van der Waals surface area contributed by atoms with Crippen molar-refractivity contribution < 1.29 is 9.90 Å². The molecule has 0 aromatic rings. The molecule has 3 nitrogen and oxygen atoms in total. The molecule has 0 aromatic carbocycles. The zero-order valence-electron chi connectivity index (χ0n) is 7.05. The maximum absolute atomic E-state index is 10.7. The van der Waals surface area contributed by atoms with Crippen molar-refractivity contribution in [3.05, 3.63) is 0 Å². The van der Waals surface area contributed by atoms with E-state index < -0.39 is 0 Å². The Hall–Kier alpha value is -0.570. The number of carbonyl (C=O) groups is 1. The number of hydrogen-bond acceptors (Lipinski definition) is 2. The third-order valence-corrected chi connectivity index (χ3v) is 2.67. The van der Waals surface area contributed by atoms with Gasteiger partial charge in [0.1, 0.15) is 0 Å². The van der Waals surface area contributed by atoms with Gasteiger partial charge in [-0.25, -0.2) is 0 Å². The monoisotopic (exact) mass is 157 g/mol. The molecule has 2 atom stereocenters. The van der Waals surface area contributed by atoms with Crippen LogP contribution in [0.3, 0.4) is 0 Å². The average Bonchev–Trinajstić information content (AvgIpc) is 1.96. The average molecular weight is 157 g/mol. The molecule has 0 bridgehead atoms. The molecule has 0 aromatic heterocycles. The predicted octanol–water partition coefficient (Wildman–Crippen LogP) is 0.283. The van der Waals surface area contributed by atoms with Gasteiger partial charge < -0.3 is 10.4 Å². The Labute approximate surface area is 66.8 Å². The van der Waals surface area contributed by atoms with Gasteiger partial charge in [-0.05, 0) is 18.8 Å². The maximum atomic E-state index is 10.7. The third-order valence-electron chi connectivity index (χ3n) is 2.67. The zero-order chi connectivity index (χ0) is 8.48. The first-order valence-electron chi connectivity index (χ1n) is 4.00. The van der Waals surface area contributed by atoms with Crippen molar-refractivity contribution in [2.75, 3.05) is 6.61 Å². The Balaban J connectivity index is 2.54. The molecule has 1 aliphatic carbocycles. The highest BCUT2D eigenvalue weighted by atomic mass is 16.3. The van der Waals surface area contributed by atoms with E-state index in [2.05, 4.69) is 12.2 Å². The molecule has 0 unspecified atom stereocenters. The summed E-state index contributed by atoms with van der Waals surface area (Å²) in [6.07, 6.45) is 2.01. The standard InChI is InChI=1S/C8H15NO2/c1-6-3-4-8(6,5-10)9-7(2)11/h6,10H,3-5H2,1-2H3,(H,9,11)/t6-,8-/m0/s1. The Bertz CT molecular complexity index is 165. The van der Waals surface area contributed by atoms with E-state index in [1.807, 2.05) is 0 Å². The minimum Gasteiger partial charge on any atom is -0.394 e. The fourth-order valence-corrected chi connectivity index (χ4v) is 1.59. The Kier molecular flexibility index (Phi) is 2.18. The van der Waals surface area contributed by atoms with Gasteiger partial charge in [-0.3, -0.25) is 4.79 Å². The van der Waals surface area contributed by atoms with Crippen molar-refractivity contribution in [1.29, 1.82) is 0 Å². The lowest BCUT2D eigenvalue weighted by Crippen LogP contribution is -2.61. The molecule has 0 heterocycles. The highest BCUT2D eigenvalue weighted by molar-refractivity contribution is 5.74. The summed E-state index contributed by atoms with van der Waals surface area (Å²) in [4.78, 5) is 10.7. The summed E-state index contributed by atoms with van der Waals surface area (Å²) in [6.45, 7) is 3.60. The minimum absolute atomic E-state index is 0.0504. The van der Waals surface area contributed by atoms with Gasteiger partial charge in [0.05, 0.1) is 12.1 Å². The number of aliphatic hydroxyl groups excluding tert-OH is 1. The van der Waals surface area contributed by atoms with Crippen molar-refractivity contribution >= 4 is 5.91 Å². The Morgan fingerprint density at radius 3 is 2.55 bits per heavy atom. The number of amides is 1. The van der Waals surface area contributed by atoms with Crippen LogP contribution >= 0.6 is 0 Å². The Morgan fingerprint density at radius 1 is 1.82 bits per heavy atom. The molecule has 0 aliphatic heterocycles. The molecule has 0 radical (unpaired) electrons. The van der Waals surface area contributed by atoms with E-state index in [1.54, 1.807) is 0 Å². The number of aliphatic hydroxyl groups is 1. The second-order valence-electron chi connectivity index (χ2n) is 3.44. The van der Waals surface area contributed by atoms with Crippen molar-refractivity contribution in [1.82, 2.24) is 5.32 Å². The van der Waals surface area contributed by atoms with E-state index in [0.717, 1.165) is 12.8 Å². The number of hydrogen-bond donors (Lipinski definition) is 2. The lowest BCUT2D eigenvalue weighted by atomic mass is 9.68. The van der Waals surface area contributed by atoms with E-state index in [4.69, 9.17) is 5.11 Å². The molecular weight excluding hydrogens is 142 g/mol. The van der Waals surface area contributed by atoms with Crippen molar-refractivity contribution in [2.45, 2.75) is 32.2 Å². The SMILES string of the molecule is CC(=O)N[C@]1(CO)CC[C@@H]1C. The zero-order valence-corrected chi connectivity index (χ0v) is 7.05. The molecule has 2 N–H and O–H groups in total. The van der Waals surface area contributed by atoms with Crippen molar-refractivity contribution in [3.8, 4) is 0 Å². The largest absolute Gasteiger partial charge is 0.394 e. The quantitative estimate of drug-likeness (QED) is 0.605. The van der Waals surface area contributed by atoms with Crippen LogP contribution in [0, 0.1) is 5.92 Å². The normalized spacial score (nSPS) is 36.1. The second kappa shape index (κ2) is 2.81. The van der Waals surface area contributed by atoms with Gasteiger partial charge in [0.15, 0.2) is 0 Å². The van der Waals surface area contributed by atoms with Crippen LogP contribution in [0.15, 0.2) is 0 Å². The molecule has 3 heteroatoms. The van der Waals surface area contributed by atoms with Crippen LogP contribution < -0.4 is 5.32 Å². The first-order chi connectivity index (χ1) is 5.10. The van der Waals surface area contributed by atoms with Crippen LogP contribution in [0.1, 0.15) is 26.7 Å². The van der Waals surface area contributed by atoms with Crippen LogP contribution in [-0.4, -0.2) is 23.2 Å². The first kappa shape index (κ1) is 8.53. The van der Waals surface area contributed by atoms with Crippen LogP contribution in [0.2, 0.25) is 0 Å². The van der Waals surface area contributed by atoms with E-state index in [9.17, 15) is 4.79 Å². The molecule has 11 heavy (non-hydrogen) atoms. The summed E-state index contributed by atoms with van der Waals surface area (Å²) in [5.41, 5.74) is -0.300. The van der Waals surface area contributed by atoms with Gasteiger partial charge in [-0.15, -0.1) is 0 Å².